The molecule has 0 radical (unpaired) electrons. The molecule has 10 heteroatoms. The van der Waals surface area contributed by atoms with Gasteiger partial charge < -0.3 is 35.1 Å². The van der Waals surface area contributed by atoms with Crippen molar-refractivity contribution in [3.63, 3.8) is 0 Å². The zero-order valence-corrected chi connectivity index (χ0v) is 18.4. The first-order valence-electron chi connectivity index (χ1n) is 10.2. The van der Waals surface area contributed by atoms with Gasteiger partial charge in [0.15, 0.2) is 11.5 Å². The minimum atomic E-state index is -0.348. The lowest BCUT2D eigenvalue weighted by Gasteiger charge is -2.18. The predicted octanol–water partition coefficient (Wildman–Crippen LogP) is 2.64. The molecule has 2 amide bonds. The maximum absolute atomic E-state index is 12.3. The van der Waals surface area contributed by atoms with Gasteiger partial charge in [0.25, 0.3) is 0 Å². The molecule has 3 rings (SSSR count). The molecule has 168 valence electrons. The molecule has 0 atom stereocenters. The van der Waals surface area contributed by atoms with Crippen LogP contribution in [0.4, 0.5) is 22.2 Å². The van der Waals surface area contributed by atoms with E-state index in [9.17, 15) is 4.79 Å². The van der Waals surface area contributed by atoms with E-state index >= 15 is 0 Å². The van der Waals surface area contributed by atoms with Crippen LogP contribution in [-0.2, 0) is 0 Å². The van der Waals surface area contributed by atoms with E-state index in [1.807, 2.05) is 13.0 Å². The summed E-state index contributed by atoms with van der Waals surface area (Å²) < 4.78 is 15.9. The Morgan fingerprint density at radius 2 is 1.68 bits per heavy atom. The van der Waals surface area contributed by atoms with Crippen LogP contribution in [0.3, 0.4) is 0 Å². The van der Waals surface area contributed by atoms with E-state index in [2.05, 4.69) is 30.8 Å². The van der Waals surface area contributed by atoms with Crippen LogP contribution in [0.5, 0.6) is 17.2 Å². The smallest absolute Gasteiger partial charge is 0.319 e. The third-order valence-electron chi connectivity index (χ3n) is 4.89. The van der Waals surface area contributed by atoms with Crippen LogP contribution in [0.15, 0.2) is 18.2 Å². The highest BCUT2D eigenvalue weighted by Gasteiger charge is 2.16. The van der Waals surface area contributed by atoms with Gasteiger partial charge in [-0.25, -0.2) is 9.78 Å². The lowest BCUT2D eigenvalue weighted by atomic mass is 10.2. The van der Waals surface area contributed by atoms with Crippen molar-refractivity contribution in [3.8, 4) is 17.2 Å². The molecule has 0 spiro atoms. The van der Waals surface area contributed by atoms with E-state index in [-0.39, 0.29) is 6.03 Å². The summed E-state index contributed by atoms with van der Waals surface area (Å²) in [4.78, 5) is 23.5. The molecule has 2 heterocycles. The Balaban J connectivity index is 1.51. The maximum Gasteiger partial charge on any atom is 0.319 e. The highest BCUT2D eigenvalue weighted by atomic mass is 16.5. The molecule has 0 bridgehead atoms. The number of nitrogens with one attached hydrogen (secondary N) is 3. The summed E-state index contributed by atoms with van der Waals surface area (Å²) in [6.45, 7) is 4.89. The van der Waals surface area contributed by atoms with Gasteiger partial charge in [-0.05, 0) is 19.8 Å². The van der Waals surface area contributed by atoms with Gasteiger partial charge in [-0.2, -0.15) is 4.98 Å². The monoisotopic (exact) mass is 430 g/mol. The van der Waals surface area contributed by atoms with Gasteiger partial charge in [-0.1, -0.05) is 0 Å². The van der Waals surface area contributed by atoms with Gasteiger partial charge in [0.05, 0.1) is 27.0 Å². The zero-order valence-electron chi connectivity index (χ0n) is 18.4. The van der Waals surface area contributed by atoms with Crippen LogP contribution < -0.4 is 35.1 Å². The largest absolute Gasteiger partial charge is 0.493 e. The maximum atomic E-state index is 12.3. The fraction of sp³-hybridized carbons (Fsp3) is 0.476. The minimum Gasteiger partial charge on any atom is -0.493 e. The molecule has 1 aromatic carbocycles. The average molecular weight is 431 g/mol. The number of methoxy groups -OCH3 is 3. The van der Waals surface area contributed by atoms with Crippen molar-refractivity contribution in [1.29, 1.82) is 0 Å². The SMILES string of the molecule is COc1cc(NC(=O)NCCNc2nc(C)cc(N3CCCC3)n2)cc(OC)c1OC. The number of benzene rings is 1. The van der Waals surface area contributed by atoms with Crippen molar-refractivity contribution in [1.82, 2.24) is 15.3 Å². The number of aromatic nitrogens is 2. The van der Waals surface area contributed by atoms with E-state index in [1.165, 1.54) is 34.2 Å². The number of urea groups is 1. The molecule has 0 saturated carbocycles. The standard InChI is InChI=1S/C21H30N6O4/c1-14-11-18(27-9-5-6-10-27)26-20(24-14)22-7-8-23-21(28)25-15-12-16(29-2)19(31-4)17(13-15)30-3/h11-13H,5-10H2,1-4H3,(H,22,24,26)(H2,23,25,28). The number of hydrogen-bond acceptors (Lipinski definition) is 8. The van der Waals surface area contributed by atoms with E-state index in [0.29, 0.717) is 42.0 Å². The Hall–Kier alpha value is -3.43. The topological polar surface area (TPSA) is 110 Å². The molecule has 0 aliphatic carbocycles. The third-order valence-corrected chi connectivity index (χ3v) is 4.89. The molecule has 1 fully saturated rings. The highest BCUT2D eigenvalue weighted by molar-refractivity contribution is 5.90. The number of anilines is 3. The summed E-state index contributed by atoms with van der Waals surface area (Å²) in [5.41, 5.74) is 1.43. The molecular weight excluding hydrogens is 400 g/mol. The molecule has 0 unspecified atom stereocenters. The Kier molecular flexibility index (Phi) is 7.58. The van der Waals surface area contributed by atoms with E-state index in [4.69, 9.17) is 14.2 Å². The van der Waals surface area contributed by atoms with Gasteiger partial charge in [0.2, 0.25) is 11.7 Å². The first kappa shape index (κ1) is 22.3. The van der Waals surface area contributed by atoms with Gasteiger partial charge in [0, 0.05) is 50.1 Å². The summed E-state index contributed by atoms with van der Waals surface area (Å²) in [5, 5.41) is 8.74. The Bertz CT molecular complexity index is 876. The number of nitrogens with zero attached hydrogens (tertiary/aromatic N) is 3. The number of amides is 2. The second-order valence-electron chi connectivity index (χ2n) is 7.11. The minimum absolute atomic E-state index is 0.348. The number of ether oxygens (including phenoxy) is 3. The van der Waals surface area contributed by atoms with E-state index in [0.717, 1.165) is 24.6 Å². The lowest BCUT2D eigenvalue weighted by molar-refractivity contribution is 0.252. The zero-order chi connectivity index (χ0) is 22.2. The molecule has 2 aromatic rings. The fourth-order valence-corrected chi connectivity index (χ4v) is 3.42. The molecule has 1 aliphatic rings. The number of carbonyl (C=O) groups excluding carboxylic acids is 1. The molecule has 10 nitrogen and oxygen atoms in total. The van der Waals surface area contributed by atoms with Crippen LogP contribution in [-0.4, -0.2) is 63.5 Å². The number of carbonyl (C=O) groups is 1. The van der Waals surface area contributed by atoms with Crippen molar-refractivity contribution in [2.75, 3.05) is 63.0 Å². The Morgan fingerprint density at radius 1 is 1.00 bits per heavy atom. The number of aryl methyl sites for hydroxylation is 1. The van der Waals surface area contributed by atoms with Gasteiger partial charge >= 0.3 is 6.03 Å². The first-order valence-corrected chi connectivity index (χ1v) is 10.2. The normalized spacial score (nSPS) is 13.0. The summed E-state index contributed by atoms with van der Waals surface area (Å²) in [6, 6.07) is 4.98. The second-order valence-corrected chi connectivity index (χ2v) is 7.11. The van der Waals surface area contributed by atoms with Crippen LogP contribution in [0, 0.1) is 6.92 Å². The molecule has 31 heavy (non-hydrogen) atoms. The van der Waals surface area contributed by atoms with Gasteiger partial charge in [-0.15, -0.1) is 0 Å². The molecule has 3 N–H and O–H groups in total. The molecule has 1 aliphatic heterocycles. The van der Waals surface area contributed by atoms with Crippen LogP contribution in [0.2, 0.25) is 0 Å². The lowest BCUT2D eigenvalue weighted by Crippen LogP contribution is -2.33. The molecular formula is C21H30N6O4. The van der Waals surface area contributed by atoms with Crippen molar-refractivity contribution >= 4 is 23.5 Å². The van der Waals surface area contributed by atoms with Crippen molar-refractivity contribution in [2.24, 2.45) is 0 Å². The Morgan fingerprint density at radius 3 is 2.29 bits per heavy atom. The van der Waals surface area contributed by atoms with Crippen molar-refractivity contribution in [2.45, 2.75) is 19.8 Å². The van der Waals surface area contributed by atoms with Crippen LogP contribution in [0.1, 0.15) is 18.5 Å². The number of hydrogen-bond donors (Lipinski definition) is 3. The van der Waals surface area contributed by atoms with E-state index < -0.39 is 0 Å². The highest BCUT2D eigenvalue weighted by Crippen LogP contribution is 2.39. The van der Waals surface area contributed by atoms with Crippen molar-refractivity contribution in [3.05, 3.63) is 23.9 Å². The van der Waals surface area contributed by atoms with Gasteiger partial charge in [0.1, 0.15) is 5.82 Å². The van der Waals surface area contributed by atoms with Crippen LogP contribution >= 0.6 is 0 Å². The fourth-order valence-electron chi connectivity index (χ4n) is 3.42. The number of rotatable bonds is 9. The van der Waals surface area contributed by atoms with Crippen molar-refractivity contribution < 1.29 is 19.0 Å². The molecule has 1 aromatic heterocycles. The summed E-state index contributed by atoms with van der Waals surface area (Å²) in [7, 11) is 4.57. The quantitative estimate of drug-likeness (QED) is 0.521. The summed E-state index contributed by atoms with van der Waals surface area (Å²) in [5.74, 6) is 2.90. The van der Waals surface area contributed by atoms with Crippen LogP contribution in [0.25, 0.3) is 0 Å². The first-order chi connectivity index (χ1) is 15.0. The second kappa shape index (κ2) is 10.6. The summed E-state index contributed by atoms with van der Waals surface area (Å²) >= 11 is 0. The third kappa shape index (κ3) is 5.80. The summed E-state index contributed by atoms with van der Waals surface area (Å²) in [6.07, 6.45) is 2.38. The average Bonchev–Trinajstić information content (AvgIpc) is 3.30. The van der Waals surface area contributed by atoms with E-state index in [1.54, 1.807) is 12.1 Å². The van der Waals surface area contributed by atoms with Gasteiger partial charge in [-0.3, -0.25) is 0 Å². The molecule has 1 saturated heterocycles. The Labute approximate surface area is 182 Å². The predicted molar refractivity (Wildman–Crippen MR) is 120 cm³/mol.